The molecule has 1 amide bonds. The molecule has 3 aromatic rings. The Morgan fingerprint density at radius 3 is 2.15 bits per heavy atom. The Kier molecular flexibility index (Phi) is 5.84. The third-order valence-corrected chi connectivity index (χ3v) is 4.65. The lowest BCUT2D eigenvalue weighted by molar-refractivity contribution is -0.119. The first-order chi connectivity index (χ1) is 13.1. The SMILES string of the molecule is Cc1ccc(N(C=Cc2ccccc2)C(=O)C(N)c2ccccc2)cc1C. The Hall–Kier alpha value is -3.17. The van der Waals surface area contributed by atoms with Gasteiger partial charge in [0, 0.05) is 11.9 Å². The maximum atomic E-state index is 13.2. The molecule has 0 aliphatic rings. The van der Waals surface area contributed by atoms with E-state index in [4.69, 9.17) is 5.73 Å². The molecule has 0 aliphatic heterocycles. The smallest absolute Gasteiger partial charge is 0.252 e. The van der Waals surface area contributed by atoms with Crippen molar-refractivity contribution in [3.05, 3.63) is 107 Å². The first kappa shape index (κ1) is 18.6. The summed E-state index contributed by atoms with van der Waals surface area (Å²) < 4.78 is 0. The molecule has 0 bridgehead atoms. The van der Waals surface area contributed by atoms with Crippen LogP contribution in [0.15, 0.2) is 85.1 Å². The maximum Gasteiger partial charge on any atom is 0.252 e. The van der Waals surface area contributed by atoms with Gasteiger partial charge in [-0.2, -0.15) is 0 Å². The Bertz CT molecular complexity index is 933. The standard InChI is InChI=1S/C24H24N2O/c1-18-13-14-22(17-19(18)2)26(16-15-20-9-5-3-6-10-20)24(27)23(25)21-11-7-4-8-12-21/h3-17,23H,25H2,1-2H3. The fraction of sp³-hybridized carbons (Fsp3) is 0.125. The van der Waals surface area contributed by atoms with Crippen molar-refractivity contribution in [3.63, 3.8) is 0 Å². The molecule has 0 saturated heterocycles. The minimum atomic E-state index is -0.728. The van der Waals surface area contributed by atoms with Crippen LogP contribution in [0.2, 0.25) is 0 Å². The van der Waals surface area contributed by atoms with Crippen molar-refractivity contribution < 1.29 is 4.79 Å². The number of aryl methyl sites for hydroxylation is 2. The maximum absolute atomic E-state index is 13.2. The number of anilines is 1. The van der Waals surface area contributed by atoms with E-state index in [1.165, 1.54) is 5.56 Å². The van der Waals surface area contributed by atoms with Crippen molar-refractivity contribution in [2.24, 2.45) is 5.73 Å². The molecule has 27 heavy (non-hydrogen) atoms. The summed E-state index contributed by atoms with van der Waals surface area (Å²) in [5.41, 5.74) is 11.2. The first-order valence-corrected chi connectivity index (χ1v) is 9.00. The highest BCUT2D eigenvalue weighted by atomic mass is 16.2. The van der Waals surface area contributed by atoms with Gasteiger partial charge < -0.3 is 5.73 Å². The molecular weight excluding hydrogens is 332 g/mol. The monoisotopic (exact) mass is 356 g/mol. The summed E-state index contributed by atoms with van der Waals surface area (Å²) in [5, 5.41) is 0. The molecule has 0 radical (unpaired) electrons. The molecule has 1 atom stereocenters. The van der Waals surface area contributed by atoms with Gasteiger partial charge in [0.15, 0.2) is 0 Å². The molecule has 1 unspecified atom stereocenters. The van der Waals surface area contributed by atoms with Crippen LogP contribution in [0, 0.1) is 13.8 Å². The van der Waals surface area contributed by atoms with Crippen molar-refractivity contribution in [1.29, 1.82) is 0 Å². The normalized spacial score (nSPS) is 12.1. The van der Waals surface area contributed by atoms with Crippen molar-refractivity contribution >= 4 is 17.7 Å². The van der Waals surface area contributed by atoms with E-state index in [9.17, 15) is 4.79 Å². The molecule has 2 N–H and O–H groups in total. The van der Waals surface area contributed by atoms with Gasteiger partial charge >= 0.3 is 0 Å². The van der Waals surface area contributed by atoms with E-state index in [-0.39, 0.29) is 5.91 Å². The van der Waals surface area contributed by atoms with Gasteiger partial charge in [-0.3, -0.25) is 9.69 Å². The Morgan fingerprint density at radius 2 is 1.52 bits per heavy atom. The second-order valence-corrected chi connectivity index (χ2v) is 6.59. The summed E-state index contributed by atoms with van der Waals surface area (Å²) in [6, 6.07) is 24.6. The predicted octanol–water partition coefficient (Wildman–Crippen LogP) is 5.01. The number of rotatable bonds is 5. The zero-order valence-corrected chi connectivity index (χ0v) is 15.7. The molecule has 3 aromatic carbocycles. The number of amides is 1. The summed E-state index contributed by atoms with van der Waals surface area (Å²) in [7, 11) is 0. The lowest BCUT2D eigenvalue weighted by Crippen LogP contribution is -2.35. The molecule has 3 nitrogen and oxygen atoms in total. The van der Waals surface area contributed by atoms with E-state index in [0.717, 1.165) is 22.4 Å². The van der Waals surface area contributed by atoms with Crippen LogP contribution < -0.4 is 10.6 Å². The number of hydrogen-bond acceptors (Lipinski definition) is 2. The molecule has 0 aromatic heterocycles. The van der Waals surface area contributed by atoms with Crippen LogP contribution in [0.5, 0.6) is 0 Å². The number of hydrogen-bond donors (Lipinski definition) is 1. The van der Waals surface area contributed by atoms with E-state index in [1.807, 2.05) is 91.9 Å². The molecule has 136 valence electrons. The average Bonchev–Trinajstić information content (AvgIpc) is 2.71. The molecule has 3 heteroatoms. The van der Waals surface area contributed by atoms with Crippen LogP contribution in [0.3, 0.4) is 0 Å². The van der Waals surface area contributed by atoms with Gasteiger partial charge in [-0.25, -0.2) is 0 Å². The van der Waals surface area contributed by atoms with Gasteiger partial charge in [0.25, 0.3) is 5.91 Å². The number of carbonyl (C=O) groups is 1. The van der Waals surface area contributed by atoms with E-state index in [1.54, 1.807) is 11.1 Å². The molecule has 3 rings (SSSR count). The summed E-state index contributed by atoms with van der Waals surface area (Å²) in [4.78, 5) is 14.8. The second-order valence-electron chi connectivity index (χ2n) is 6.59. The molecular formula is C24H24N2O. The fourth-order valence-electron chi connectivity index (χ4n) is 2.84. The zero-order valence-electron chi connectivity index (χ0n) is 15.7. The number of nitrogens with zero attached hydrogens (tertiary/aromatic N) is 1. The van der Waals surface area contributed by atoms with Crippen LogP contribution in [0.1, 0.15) is 28.3 Å². The summed E-state index contributed by atoms with van der Waals surface area (Å²) in [5.74, 6) is -0.170. The Morgan fingerprint density at radius 1 is 0.889 bits per heavy atom. The van der Waals surface area contributed by atoms with Gasteiger partial charge in [-0.1, -0.05) is 66.7 Å². The van der Waals surface area contributed by atoms with Crippen molar-refractivity contribution in [3.8, 4) is 0 Å². The number of nitrogens with two attached hydrogens (primary N) is 1. The van der Waals surface area contributed by atoms with Crippen molar-refractivity contribution in [1.82, 2.24) is 0 Å². The third-order valence-electron chi connectivity index (χ3n) is 4.65. The summed E-state index contributed by atoms with van der Waals surface area (Å²) in [6.45, 7) is 4.10. The van der Waals surface area contributed by atoms with Crippen LogP contribution in [-0.4, -0.2) is 5.91 Å². The van der Waals surface area contributed by atoms with Gasteiger partial charge in [0.1, 0.15) is 6.04 Å². The highest BCUT2D eigenvalue weighted by molar-refractivity contribution is 6.00. The van der Waals surface area contributed by atoms with Gasteiger partial charge in [-0.05, 0) is 54.3 Å². The molecule has 0 saturated carbocycles. The van der Waals surface area contributed by atoms with E-state index >= 15 is 0 Å². The van der Waals surface area contributed by atoms with Crippen LogP contribution in [0.25, 0.3) is 6.08 Å². The van der Waals surface area contributed by atoms with Crippen LogP contribution >= 0.6 is 0 Å². The lowest BCUT2D eigenvalue weighted by atomic mass is 10.1. The van der Waals surface area contributed by atoms with Gasteiger partial charge in [0.05, 0.1) is 0 Å². The van der Waals surface area contributed by atoms with Crippen LogP contribution in [-0.2, 0) is 4.79 Å². The second kappa shape index (κ2) is 8.47. The Labute approximate surface area is 160 Å². The Balaban J connectivity index is 1.97. The third kappa shape index (κ3) is 4.52. The van der Waals surface area contributed by atoms with Gasteiger partial charge in [-0.15, -0.1) is 0 Å². The van der Waals surface area contributed by atoms with Crippen molar-refractivity contribution in [2.75, 3.05) is 4.90 Å². The molecule has 0 heterocycles. The van der Waals surface area contributed by atoms with E-state index in [0.29, 0.717) is 0 Å². The predicted molar refractivity (Wildman–Crippen MR) is 112 cm³/mol. The van der Waals surface area contributed by atoms with E-state index in [2.05, 4.69) is 6.92 Å². The number of benzene rings is 3. The number of carbonyl (C=O) groups excluding carboxylic acids is 1. The highest BCUT2D eigenvalue weighted by Gasteiger charge is 2.22. The average molecular weight is 356 g/mol. The molecule has 0 fully saturated rings. The molecule has 0 aliphatic carbocycles. The molecule has 0 spiro atoms. The largest absolute Gasteiger partial charge is 0.316 e. The zero-order chi connectivity index (χ0) is 19.2. The van der Waals surface area contributed by atoms with Crippen LogP contribution in [0.4, 0.5) is 5.69 Å². The summed E-state index contributed by atoms with van der Waals surface area (Å²) in [6.07, 6.45) is 3.72. The fourth-order valence-corrected chi connectivity index (χ4v) is 2.84. The lowest BCUT2D eigenvalue weighted by Gasteiger charge is -2.23. The first-order valence-electron chi connectivity index (χ1n) is 9.00. The minimum absolute atomic E-state index is 0.170. The van der Waals surface area contributed by atoms with Gasteiger partial charge in [0.2, 0.25) is 0 Å². The highest BCUT2D eigenvalue weighted by Crippen LogP contribution is 2.23. The quantitative estimate of drug-likeness (QED) is 0.699. The van der Waals surface area contributed by atoms with E-state index < -0.39 is 6.04 Å². The summed E-state index contributed by atoms with van der Waals surface area (Å²) >= 11 is 0. The topological polar surface area (TPSA) is 46.3 Å². The van der Waals surface area contributed by atoms with Crippen molar-refractivity contribution in [2.45, 2.75) is 19.9 Å². The minimum Gasteiger partial charge on any atom is -0.316 e.